The lowest BCUT2D eigenvalue weighted by Crippen LogP contribution is -2.44. The Hall–Kier alpha value is -1.62. The molecule has 1 fully saturated rings. The van der Waals surface area contributed by atoms with Crippen LogP contribution < -0.4 is 10.6 Å². The van der Waals surface area contributed by atoms with Crippen LogP contribution in [0.2, 0.25) is 0 Å². The Labute approximate surface area is 113 Å². The molecule has 2 amide bonds. The predicted octanol–water partition coefficient (Wildman–Crippen LogP) is 2.35. The first kappa shape index (κ1) is 13.8. The summed E-state index contributed by atoms with van der Waals surface area (Å²) < 4.78 is 13.1. The fraction of sp³-hybridized carbons (Fsp3) is 0.500. The van der Waals surface area contributed by atoms with Gasteiger partial charge in [0.1, 0.15) is 5.82 Å². The standard InChI is InChI=1S/C14H20FN3O/c1-10-3-4-11(15)9-13(10)17-14(19)16-12-5-7-18(2)8-6-12/h3-4,9,12H,5-8H2,1-2H3,(H2,16,17,19). The monoisotopic (exact) mass is 265 g/mol. The molecule has 0 atom stereocenters. The number of hydrogen-bond donors (Lipinski definition) is 2. The molecule has 19 heavy (non-hydrogen) atoms. The number of rotatable bonds is 2. The molecule has 1 heterocycles. The molecule has 1 aliphatic rings. The summed E-state index contributed by atoms with van der Waals surface area (Å²) in [4.78, 5) is 14.1. The molecule has 1 aromatic rings. The van der Waals surface area contributed by atoms with E-state index >= 15 is 0 Å². The Morgan fingerprint density at radius 1 is 1.37 bits per heavy atom. The van der Waals surface area contributed by atoms with E-state index in [1.807, 2.05) is 6.92 Å². The van der Waals surface area contributed by atoms with Crippen molar-refractivity contribution in [3.63, 3.8) is 0 Å². The first-order valence-corrected chi connectivity index (χ1v) is 6.57. The third kappa shape index (κ3) is 3.92. The van der Waals surface area contributed by atoms with Gasteiger partial charge in [0.05, 0.1) is 0 Å². The quantitative estimate of drug-likeness (QED) is 0.862. The number of anilines is 1. The Morgan fingerprint density at radius 2 is 2.05 bits per heavy atom. The van der Waals surface area contributed by atoms with E-state index in [1.54, 1.807) is 6.07 Å². The van der Waals surface area contributed by atoms with Crippen LogP contribution >= 0.6 is 0 Å². The second-order valence-corrected chi connectivity index (χ2v) is 5.14. The van der Waals surface area contributed by atoms with Gasteiger partial charge in [-0.3, -0.25) is 0 Å². The van der Waals surface area contributed by atoms with E-state index in [2.05, 4.69) is 22.6 Å². The van der Waals surface area contributed by atoms with Crippen LogP contribution in [0.5, 0.6) is 0 Å². The van der Waals surface area contributed by atoms with Crippen LogP contribution in [0, 0.1) is 12.7 Å². The number of urea groups is 1. The molecule has 0 radical (unpaired) electrons. The molecule has 104 valence electrons. The van der Waals surface area contributed by atoms with Crippen molar-refractivity contribution in [2.75, 3.05) is 25.5 Å². The molecule has 2 rings (SSSR count). The predicted molar refractivity (Wildman–Crippen MR) is 73.8 cm³/mol. The normalized spacial score (nSPS) is 17.2. The lowest BCUT2D eigenvalue weighted by Gasteiger charge is -2.29. The first-order chi connectivity index (χ1) is 9.04. The minimum Gasteiger partial charge on any atom is -0.335 e. The van der Waals surface area contributed by atoms with Gasteiger partial charge in [-0.2, -0.15) is 0 Å². The van der Waals surface area contributed by atoms with E-state index in [-0.39, 0.29) is 17.9 Å². The molecular formula is C14H20FN3O. The van der Waals surface area contributed by atoms with Crippen LogP contribution in [0.1, 0.15) is 18.4 Å². The van der Waals surface area contributed by atoms with Crippen molar-refractivity contribution < 1.29 is 9.18 Å². The number of halogens is 1. The van der Waals surface area contributed by atoms with Gasteiger partial charge in [-0.25, -0.2) is 9.18 Å². The number of piperidine rings is 1. The van der Waals surface area contributed by atoms with Crippen LogP contribution in [0.15, 0.2) is 18.2 Å². The second kappa shape index (κ2) is 6.02. The summed E-state index contributed by atoms with van der Waals surface area (Å²) in [6, 6.07) is 4.31. The average molecular weight is 265 g/mol. The number of nitrogens with one attached hydrogen (secondary N) is 2. The molecule has 0 aromatic heterocycles. The highest BCUT2D eigenvalue weighted by Gasteiger charge is 2.18. The molecule has 0 unspecified atom stereocenters. The zero-order valence-corrected chi connectivity index (χ0v) is 11.4. The van der Waals surface area contributed by atoms with Gasteiger partial charge in [-0.05, 0) is 57.6 Å². The summed E-state index contributed by atoms with van der Waals surface area (Å²) >= 11 is 0. The van der Waals surface area contributed by atoms with E-state index in [0.717, 1.165) is 31.5 Å². The summed E-state index contributed by atoms with van der Waals surface area (Å²) in [7, 11) is 2.08. The van der Waals surface area contributed by atoms with Gasteiger partial charge in [0.15, 0.2) is 0 Å². The van der Waals surface area contributed by atoms with Crippen molar-refractivity contribution >= 4 is 11.7 Å². The summed E-state index contributed by atoms with van der Waals surface area (Å²) in [6.07, 6.45) is 1.90. The van der Waals surface area contributed by atoms with E-state index in [9.17, 15) is 9.18 Å². The largest absolute Gasteiger partial charge is 0.335 e. The Morgan fingerprint density at radius 3 is 2.74 bits per heavy atom. The van der Waals surface area contributed by atoms with Gasteiger partial charge in [0.2, 0.25) is 0 Å². The van der Waals surface area contributed by atoms with Gasteiger partial charge < -0.3 is 15.5 Å². The van der Waals surface area contributed by atoms with Crippen LogP contribution in [0.4, 0.5) is 14.9 Å². The van der Waals surface area contributed by atoms with Crippen molar-refractivity contribution in [1.82, 2.24) is 10.2 Å². The molecule has 0 bridgehead atoms. The average Bonchev–Trinajstić information content (AvgIpc) is 2.37. The van der Waals surface area contributed by atoms with Gasteiger partial charge in [-0.1, -0.05) is 6.07 Å². The van der Waals surface area contributed by atoms with Crippen LogP contribution in [-0.4, -0.2) is 37.1 Å². The Balaban J connectivity index is 1.89. The maximum absolute atomic E-state index is 13.1. The lowest BCUT2D eigenvalue weighted by molar-refractivity contribution is 0.221. The Bertz CT molecular complexity index is 456. The minimum absolute atomic E-state index is 0.199. The third-order valence-electron chi connectivity index (χ3n) is 3.50. The maximum Gasteiger partial charge on any atom is 0.319 e. The van der Waals surface area contributed by atoms with Crippen molar-refractivity contribution in [1.29, 1.82) is 0 Å². The van der Waals surface area contributed by atoms with Gasteiger partial charge >= 0.3 is 6.03 Å². The molecule has 2 N–H and O–H groups in total. The van der Waals surface area contributed by atoms with Gasteiger partial charge in [0.25, 0.3) is 0 Å². The van der Waals surface area contributed by atoms with E-state index in [1.165, 1.54) is 12.1 Å². The number of nitrogens with zero attached hydrogens (tertiary/aromatic N) is 1. The highest BCUT2D eigenvalue weighted by molar-refractivity contribution is 5.90. The topological polar surface area (TPSA) is 44.4 Å². The zero-order chi connectivity index (χ0) is 13.8. The third-order valence-corrected chi connectivity index (χ3v) is 3.50. The highest BCUT2D eigenvalue weighted by atomic mass is 19.1. The van der Waals surface area contributed by atoms with Crippen LogP contribution in [0.25, 0.3) is 0 Å². The number of carbonyl (C=O) groups excluding carboxylic acids is 1. The van der Waals surface area contributed by atoms with Gasteiger partial charge in [0, 0.05) is 11.7 Å². The summed E-state index contributed by atoms with van der Waals surface area (Å²) in [5.74, 6) is -0.347. The minimum atomic E-state index is -0.347. The molecule has 0 spiro atoms. The number of hydrogen-bond acceptors (Lipinski definition) is 2. The molecule has 4 nitrogen and oxygen atoms in total. The molecule has 1 aliphatic heterocycles. The summed E-state index contributed by atoms with van der Waals surface area (Å²) in [5, 5.41) is 5.64. The van der Waals surface area contributed by atoms with Crippen LogP contribution in [0.3, 0.4) is 0 Å². The van der Waals surface area contributed by atoms with Crippen molar-refractivity contribution in [3.05, 3.63) is 29.6 Å². The molecule has 0 saturated carbocycles. The molecule has 0 aliphatic carbocycles. The van der Waals surface area contributed by atoms with Crippen LogP contribution in [-0.2, 0) is 0 Å². The SMILES string of the molecule is Cc1ccc(F)cc1NC(=O)NC1CCN(C)CC1. The molecule has 5 heteroatoms. The van der Waals surface area contributed by atoms with Crippen molar-refractivity contribution in [2.24, 2.45) is 0 Å². The van der Waals surface area contributed by atoms with E-state index in [4.69, 9.17) is 0 Å². The van der Waals surface area contributed by atoms with E-state index in [0.29, 0.717) is 5.69 Å². The highest BCUT2D eigenvalue weighted by Crippen LogP contribution is 2.16. The molecule has 1 saturated heterocycles. The van der Waals surface area contributed by atoms with Crippen molar-refractivity contribution in [3.8, 4) is 0 Å². The number of carbonyl (C=O) groups is 1. The van der Waals surface area contributed by atoms with Crippen molar-refractivity contribution in [2.45, 2.75) is 25.8 Å². The second-order valence-electron chi connectivity index (χ2n) is 5.14. The fourth-order valence-corrected chi connectivity index (χ4v) is 2.23. The summed E-state index contributed by atoms with van der Waals surface area (Å²) in [5.41, 5.74) is 1.37. The number of likely N-dealkylation sites (tertiary alicyclic amines) is 1. The van der Waals surface area contributed by atoms with Gasteiger partial charge in [-0.15, -0.1) is 0 Å². The fourth-order valence-electron chi connectivity index (χ4n) is 2.23. The first-order valence-electron chi connectivity index (χ1n) is 6.57. The number of amides is 2. The Kier molecular flexibility index (Phi) is 4.37. The number of benzene rings is 1. The lowest BCUT2D eigenvalue weighted by atomic mass is 10.1. The smallest absolute Gasteiger partial charge is 0.319 e. The molecular weight excluding hydrogens is 245 g/mol. The summed E-state index contributed by atoms with van der Waals surface area (Å²) in [6.45, 7) is 3.82. The zero-order valence-electron chi connectivity index (χ0n) is 11.4. The van der Waals surface area contributed by atoms with E-state index < -0.39 is 0 Å². The molecule has 1 aromatic carbocycles. The maximum atomic E-state index is 13.1. The number of aryl methyl sites for hydroxylation is 1.